The van der Waals surface area contributed by atoms with Crippen LogP contribution in [0.5, 0.6) is 0 Å². The first-order valence-electron chi connectivity index (χ1n) is 11.6. The zero-order valence-corrected chi connectivity index (χ0v) is 20.4. The molecule has 0 aromatic heterocycles. The highest BCUT2D eigenvalue weighted by molar-refractivity contribution is 5.90. The molecule has 0 heterocycles. The van der Waals surface area contributed by atoms with Crippen LogP contribution in [0.25, 0.3) is 11.1 Å². The molecule has 2 aromatic rings. The fourth-order valence-electron chi connectivity index (χ4n) is 4.38. The van der Waals surface area contributed by atoms with Gasteiger partial charge in [-0.2, -0.15) is 0 Å². The summed E-state index contributed by atoms with van der Waals surface area (Å²) >= 11 is 0. The summed E-state index contributed by atoms with van der Waals surface area (Å²) in [5.41, 5.74) is 3.79. The van der Waals surface area contributed by atoms with Gasteiger partial charge < -0.3 is 20.5 Å². The lowest BCUT2D eigenvalue weighted by Crippen LogP contribution is -2.56. The SMILES string of the molecule is CC(C)C[C@@H](NC(=O)[C@@H](NC(=O)OCC1c2ccccc2-c2ccccc21)C(C)(C)C)C(=O)O. The summed E-state index contributed by atoms with van der Waals surface area (Å²) in [4.78, 5) is 37.3. The molecule has 0 fully saturated rings. The molecule has 0 unspecified atom stereocenters. The van der Waals surface area contributed by atoms with Crippen molar-refractivity contribution >= 4 is 18.0 Å². The molecule has 2 amide bonds. The van der Waals surface area contributed by atoms with E-state index in [2.05, 4.69) is 22.8 Å². The number of carbonyl (C=O) groups is 3. The molecular weight excluding hydrogens is 432 g/mol. The molecule has 0 radical (unpaired) electrons. The van der Waals surface area contributed by atoms with Crippen LogP contribution >= 0.6 is 0 Å². The molecule has 7 heteroatoms. The average molecular weight is 467 g/mol. The van der Waals surface area contributed by atoms with Crippen LogP contribution in [0.15, 0.2) is 48.5 Å². The number of carboxylic acid groups (broad SMARTS) is 1. The van der Waals surface area contributed by atoms with Gasteiger partial charge in [0.15, 0.2) is 0 Å². The van der Waals surface area contributed by atoms with Crippen LogP contribution in [0.1, 0.15) is 58.1 Å². The fourth-order valence-corrected chi connectivity index (χ4v) is 4.38. The number of ether oxygens (including phenoxy) is 1. The van der Waals surface area contributed by atoms with Gasteiger partial charge in [-0.1, -0.05) is 83.1 Å². The molecule has 3 rings (SSSR count). The predicted molar refractivity (Wildman–Crippen MR) is 130 cm³/mol. The van der Waals surface area contributed by atoms with Crippen LogP contribution in [0.2, 0.25) is 0 Å². The predicted octanol–water partition coefficient (Wildman–Crippen LogP) is 4.56. The maximum atomic E-state index is 13.0. The third-order valence-corrected chi connectivity index (χ3v) is 6.06. The molecule has 182 valence electrons. The molecule has 1 aliphatic carbocycles. The third kappa shape index (κ3) is 5.76. The molecule has 34 heavy (non-hydrogen) atoms. The largest absolute Gasteiger partial charge is 0.480 e. The Kier molecular flexibility index (Phi) is 7.64. The minimum absolute atomic E-state index is 0.0876. The summed E-state index contributed by atoms with van der Waals surface area (Å²) in [6, 6.07) is 14.1. The van der Waals surface area contributed by atoms with E-state index in [1.54, 1.807) is 20.8 Å². The third-order valence-electron chi connectivity index (χ3n) is 6.06. The standard InChI is InChI=1S/C27H34N2O5/c1-16(2)14-22(25(31)32)28-24(30)23(27(3,4)5)29-26(33)34-15-21-19-12-8-6-10-17(19)18-11-7-9-13-20(18)21/h6-13,16,21-23H,14-15H2,1-5H3,(H,28,30)(H,29,33)(H,31,32)/t22-,23-/m1/s1. The van der Waals surface area contributed by atoms with E-state index in [0.717, 1.165) is 22.3 Å². The summed E-state index contributed by atoms with van der Waals surface area (Å²) in [6.07, 6.45) is -0.421. The van der Waals surface area contributed by atoms with Crippen molar-refractivity contribution in [2.75, 3.05) is 6.61 Å². The van der Waals surface area contributed by atoms with Crippen LogP contribution in [0.4, 0.5) is 4.79 Å². The van der Waals surface area contributed by atoms with Crippen LogP contribution in [-0.2, 0) is 14.3 Å². The lowest BCUT2D eigenvalue weighted by molar-refractivity contribution is -0.143. The van der Waals surface area contributed by atoms with E-state index in [0.29, 0.717) is 6.42 Å². The summed E-state index contributed by atoms with van der Waals surface area (Å²) in [5, 5.41) is 14.7. The van der Waals surface area contributed by atoms with E-state index in [1.165, 1.54) is 0 Å². The minimum Gasteiger partial charge on any atom is -0.480 e. The van der Waals surface area contributed by atoms with Crippen molar-refractivity contribution in [3.63, 3.8) is 0 Å². The van der Waals surface area contributed by atoms with Gasteiger partial charge >= 0.3 is 12.1 Å². The van der Waals surface area contributed by atoms with Gasteiger partial charge in [-0.25, -0.2) is 9.59 Å². The van der Waals surface area contributed by atoms with Gasteiger partial charge in [-0.05, 0) is 40.0 Å². The molecule has 2 aromatic carbocycles. The number of fused-ring (bicyclic) bond motifs is 3. The van der Waals surface area contributed by atoms with Crippen molar-refractivity contribution < 1.29 is 24.2 Å². The molecule has 3 N–H and O–H groups in total. The molecule has 2 atom stereocenters. The Morgan fingerprint density at radius 1 is 0.941 bits per heavy atom. The highest BCUT2D eigenvalue weighted by Gasteiger charge is 2.36. The van der Waals surface area contributed by atoms with Crippen molar-refractivity contribution in [1.29, 1.82) is 0 Å². The average Bonchev–Trinajstić information content (AvgIpc) is 3.08. The molecule has 0 saturated heterocycles. The molecule has 1 aliphatic rings. The molecule has 0 bridgehead atoms. The summed E-state index contributed by atoms with van der Waals surface area (Å²) in [6.45, 7) is 9.32. The van der Waals surface area contributed by atoms with Crippen molar-refractivity contribution in [2.45, 2.75) is 59.0 Å². The Morgan fingerprint density at radius 3 is 1.94 bits per heavy atom. The van der Waals surface area contributed by atoms with E-state index in [-0.39, 0.29) is 18.4 Å². The van der Waals surface area contributed by atoms with Crippen LogP contribution in [-0.4, -0.2) is 41.8 Å². The number of hydrogen-bond donors (Lipinski definition) is 3. The second kappa shape index (κ2) is 10.3. The maximum absolute atomic E-state index is 13.0. The number of rotatable bonds is 8. The first-order chi connectivity index (χ1) is 16.0. The topological polar surface area (TPSA) is 105 Å². The molecule has 0 aliphatic heterocycles. The van der Waals surface area contributed by atoms with Gasteiger partial charge in [0.2, 0.25) is 5.91 Å². The quantitative estimate of drug-likeness (QED) is 0.529. The normalized spacial score (nSPS) is 14.6. The smallest absolute Gasteiger partial charge is 0.407 e. The van der Waals surface area contributed by atoms with Gasteiger partial charge in [0.25, 0.3) is 0 Å². The van der Waals surface area contributed by atoms with Crippen molar-refractivity contribution in [3.8, 4) is 11.1 Å². The minimum atomic E-state index is -1.10. The number of aliphatic carboxylic acids is 1. The molecule has 7 nitrogen and oxygen atoms in total. The summed E-state index contributed by atoms with van der Waals surface area (Å²) < 4.78 is 5.59. The molecule has 0 spiro atoms. The summed E-state index contributed by atoms with van der Waals surface area (Å²) in [7, 11) is 0. The Morgan fingerprint density at radius 2 is 1.47 bits per heavy atom. The first kappa shape index (κ1) is 25.3. The van der Waals surface area contributed by atoms with Gasteiger partial charge in [0, 0.05) is 5.92 Å². The van der Waals surface area contributed by atoms with E-state index >= 15 is 0 Å². The maximum Gasteiger partial charge on any atom is 0.407 e. The van der Waals surface area contributed by atoms with Gasteiger partial charge in [0.1, 0.15) is 18.7 Å². The zero-order valence-electron chi connectivity index (χ0n) is 20.4. The lowest BCUT2D eigenvalue weighted by atomic mass is 9.86. The number of amides is 2. The van der Waals surface area contributed by atoms with Crippen molar-refractivity contribution in [1.82, 2.24) is 10.6 Å². The van der Waals surface area contributed by atoms with Crippen molar-refractivity contribution in [2.24, 2.45) is 11.3 Å². The second-order valence-electron chi connectivity index (χ2n) is 10.3. The number of nitrogens with one attached hydrogen (secondary N) is 2. The van der Waals surface area contributed by atoms with Gasteiger partial charge in [-0.3, -0.25) is 4.79 Å². The second-order valence-corrected chi connectivity index (χ2v) is 10.3. The highest BCUT2D eigenvalue weighted by atomic mass is 16.5. The highest BCUT2D eigenvalue weighted by Crippen LogP contribution is 2.44. The van der Waals surface area contributed by atoms with E-state index in [4.69, 9.17) is 4.74 Å². The lowest BCUT2D eigenvalue weighted by Gasteiger charge is -2.31. The number of carboxylic acids is 1. The van der Waals surface area contributed by atoms with E-state index in [9.17, 15) is 19.5 Å². The van der Waals surface area contributed by atoms with Gasteiger partial charge in [0.05, 0.1) is 0 Å². The first-order valence-corrected chi connectivity index (χ1v) is 11.6. The fraction of sp³-hybridized carbons (Fsp3) is 0.444. The monoisotopic (exact) mass is 466 g/mol. The van der Waals surface area contributed by atoms with Gasteiger partial charge in [-0.15, -0.1) is 0 Å². The molecule has 0 saturated carbocycles. The Hall–Kier alpha value is -3.35. The van der Waals surface area contributed by atoms with Crippen LogP contribution in [0.3, 0.4) is 0 Å². The van der Waals surface area contributed by atoms with E-state index < -0.39 is 35.5 Å². The Labute approximate surface area is 200 Å². The zero-order chi connectivity index (χ0) is 25.0. The number of hydrogen-bond acceptors (Lipinski definition) is 4. The Balaban J connectivity index is 1.69. The van der Waals surface area contributed by atoms with E-state index in [1.807, 2.05) is 50.2 Å². The number of alkyl carbamates (subject to hydrolysis) is 1. The Bertz CT molecular complexity index is 1010. The molecular formula is C27H34N2O5. The number of benzene rings is 2. The van der Waals surface area contributed by atoms with Crippen LogP contribution < -0.4 is 10.6 Å². The summed E-state index contributed by atoms with van der Waals surface area (Å²) in [5.74, 6) is -1.66. The van der Waals surface area contributed by atoms with Crippen LogP contribution in [0, 0.1) is 11.3 Å². The number of carbonyl (C=O) groups excluding carboxylic acids is 2. The van der Waals surface area contributed by atoms with Crippen molar-refractivity contribution in [3.05, 3.63) is 59.7 Å².